The molecule has 2 heterocycles. The Hall–Kier alpha value is -5.52. The van der Waals surface area contributed by atoms with Gasteiger partial charge >= 0.3 is 5.97 Å². The van der Waals surface area contributed by atoms with Crippen LogP contribution < -0.4 is 16.0 Å². The van der Waals surface area contributed by atoms with E-state index in [1.54, 1.807) is 73.1 Å². The normalized spacial score (nSPS) is 13.2. The Kier molecular flexibility index (Phi) is 11.7. The van der Waals surface area contributed by atoms with Crippen LogP contribution in [0, 0.1) is 0 Å². The van der Waals surface area contributed by atoms with Crippen LogP contribution in [0.25, 0.3) is 6.08 Å². The molecule has 9 nitrogen and oxygen atoms in total. The molecule has 0 saturated heterocycles. The lowest BCUT2D eigenvalue weighted by atomic mass is 10.1. The van der Waals surface area contributed by atoms with E-state index in [-0.39, 0.29) is 11.6 Å². The van der Waals surface area contributed by atoms with E-state index < -0.39 is 23.0 Å². The molecule has 0 spiro atoms. The second-order valence-corrected chi connectivity index (χ2v) is 14.1. The molecule has 2 aromatic heterocycles. The van der Waals surface area contributed by atoms with Gasteiger partial charge in [0.1, 0.15) is 15.9 Å². The Balaban J connectivity index is 1.24. The third-order valence-corrected chi connectivity index (χ3v) is 10.7. The van der Waals surface area contributed by atoms with Crippen molar-refractivity contribution in [2.75, 3.05) is 17.7 Å². The molecule has 51 heavy (non-hydrogen) atoms. The number of esters is 1. The number of benzene rings is 3. The van der Waals surface area contributed by atoms with Gasteiger partial charge in [0, 0.05) is 33.4 Å². The number of pyridine rings is 1. The SMILES string of the molecule is COC(=O)c1c(NC(=O)C(Sc2cccc(NC(=O)/C(=C/c3cccnc3)NC(=O)c3ccccc3)c2)c2ccccc2)sc2c1CCCCC2. The Morgan fingerprint density at radius 3 is 2.37 bits per heavy atom. The van der Waals surface area contributed by atoms with Crippen molar-refractivity contribution in [3.63, 3.8) is 0 Å². The summed E-state index contributed by atoms with van der Waals surface area (Å²) in [5.74, 6) is -1.70. The minimum absolute atomic E-state index is 0.0345. The van der Waals surface area contributed by atoms with Gasteiger partial charge in [0.15, 0.2) is 0 Å². The molecular formula is C40H36N4O5S2. The summed E-state index contributed by atoms with van der Waals surface area (Å²) in [7, 11) is 1.36. The zero-order chi connectivity index (χ0) is 35.6. The highest BCUT2D eigenvalue weighted by Crippen LogP contribution is 2.41. The third kappa shape index (κ3) is 8.99. The Bertz CT molecular complexity index is 2050. The minimum Gasteiger partial charge on any atom is -0.465 e. The van der Waals surface area contributed by atoms with E-state index in [0.29, 0.717) is 27.4 Å². The van der Waals surface area contributed by atoms with E-state index in [9.17, 15) is 19.2 Å². The fraction of sp³-hybridized carbons (Fsp3) is 0.175. The summed E-state index contributed by atoms with van der Waals surface area (Å²) >= 11 is 2.77. The number of aromatic nitrogens is 1. The summed E-state index contributed by atoms with van der Waals surface area (Å²) < 4.78 is 5.15. The molecule has 1 aliphatic carbocycles. The lowest BCUT2D eigenvalue weighted by Gasteiger charge is -2.18. The van der Waals surface area contributed by atoms with Crippen LogP contribution in [0.4, 0.5) is 10.7 Å². The van der Waals surface area contributed by atoms with Crippen LogP contribution in [-0.4, -0.2) is 35.8 Å². The number of hydrogen-bond acceptors (Lipinski definition) is 8. The summed E-state index contributed by atoms with van der Waals surface area (Å²) in [5, 5.41) is 8.53. The van der Waals surface area contributed by atoms with Gasteiger partial charge in [0.2, 0.25) is 5.91 Å². The summed E-state index contributed by atoms with van der Waals surface area (Å²) in [6.45, 7) is 0. The van der Waals surface area contributed by atoms with Gasteiger partial charge in [-0.1, -0.05) is 67.1 Å². The summed E-state index contributed by atoms with van der Waals surface area (Å²) in [6, 6.07) is 28.7. The number of methoxy groups -OCH3 is 1. The summed E-state index contributed by atoms with van der Waals surface area (Å²) in [6.07, 6.45) is 9.53. The van der Waals surface area contributed by atoms with Crippen molar-refractivity contribution in [1.29, 1.82) is 0 Å². The standard InChI is InChI=1S/C40H36N4O5S2/c1-49-40(48)34-31-20-9-4-10-21-33(31)51-39(34)44-38(47)35(27-14-5-2-6-15-27)50-30-19-11-18-29(24-30)42-37(46)32(23-26-13-12-22-41-25-26)43-36(45)28-16-7-3-8-17-28/h2-3,5-8,11-19,22-25,35H,4,9-10,20-21H2,1H3,(H,42,46)(H,43,45)(H,44,47)/b32-23-. The number of rotatable bonds is 11. The third-order valence-electron chi connectivity index (χ3n) is 8.26. The maximum Gasteiger partial charge on any atom is 0.341 e. The second-order valence-electron chi connectivity index (χ2n) is 11.8. The van der Waals surface area contributed by atoms with Gasteiger partial charge < -0.3 is 20.7 Å². The van der Waals surface area contributed by atoms with E-state index in [1.165, 1.54) is 30.2 Å². The number of amides is 3. The van der Waals surface area contributed by atoms with Crippen molar-refractivity contribution in [2.45, 2.75) is 42.2 Å². The molecule has 3 aromatic carbocycles. The maximum atomic E-state index is 14.1. The monoisotopic (exact) mass is 716 g/mol. The van der Waals surface area contributed by atoms with Gasteiger partial charge in [0.25, 0.3) is 11.8 Å². The van der Waals surface area contributed by atoms with Crippen LogP contribution in [0.1, 0.15) is 66.8 Å². The molecule has 3 N–H and O–H groups in total. The first-order valence-electron chi connectivity index (χ1n) is 16.5. The highest BCUT2D eigenvalue weighted by Gasteiger charge is 2.29. The number of anilines is 2. The Morgan fingerprint density at radius 1 is 0.863 bits per heavy atom. The van der Waals surface area contributed by atoms with Gasteiger partial charge in [-0.15, -0.1) is 23.1 Å². The number of ether oxygens (including phenoxy) is 1. The fourth-order valence-corrected chi connectivity index (χ4v) is 8.14. The van der Waals surface area contributed by atoms with Gasteiger partial charge in [-0.25, -0.2) is 4.79 Å². The molecule has 0 fully saturated rings. The van der Waals surface area contributed by atoms with E-state index in [1.807, 2.05) is 42.5 Å². The second kappa shape index (κ2) is 16.9. The summed E-state index contributed by atoms with van der Waals surface area (Å²) in [5.41, 5.74) is 3.74. The fourth-order valence-electron chi connectivity index (χ4n) is 5.78. The molecule has 1 aliphatic rings. The van der Waals surface area contributed by atoms with Crippen molar-refractivity contribution >= 4 is 63.6 Å². The summed E-state index contributed by atoms with van der Waals surface area (Å²) in [4.78, 5) is 59.7. The van der Waals surface area contributed by atoms with Crippen LogP contribution in [0.15, 0.2) is 120 Å². The zero-order valence-electron chi connectivity index (χ0n) is 27.9. The van der Waals surface area contributed by atoms with Crippen molar-refractivity contribution in [1.82, 2.24) is 10.3 Å². The molecular weight excluding hydrogens is 681 g/mol. The van der Waals surface area contributed by atoms with Gasteiger partial charge in [-0.2, -0.15) is 0 Å². The number of nitrogens with one attached hydrogen (secondary N) is 3. The number of aryl methyl sites for hydroxylation is 1. The van der Waals surface area contributed by atoms with Crippen LogP contribution in [0.3, 0.4) is 0 Å². The quantitative estimate of drug-likeness (QED) is 0.0546. The largest absolute Gasteiger partial charge is 0.465 e. The first-order valence-corrected chi connectivity index (χ1v) is 18.2. The van der Waals surface area contributed by atoms with E-state index >= 15 is 0 Å². The number of hydrogen-bond donors (Lipinski definition) is 3. The molecule has 258 valence electrons. The van der Waals surface area contributed by atoms with Crippen molar-refractivity contribution in [3.8, 4) is 0 Å². The minimum atomic E-state index is -0.684. The van der Waals surface area contributed by atoms with Crippen LogP contribution in [0.2, 0.25) is 0 Å². The predicted octanol–water partition coefficient (Wildman–Crippen LogP) is 8.08. The van der Waals surface area contributed by atoms with Crippen molar-refractivity contribution in [2.24, 2.45) is 0 Å². The molecule has 1 unspecified atom stereocenters. The van der Waals surface area contributed by atoms with Crippen LogP contribution >= 0.6 is 23.1 Å². The molecule has 0 aliphatic heterocycles. The number of nitrogens with zero attached hydrogens (tertiary/aromatic N) is 1. The van der Waals surface area contributed by atoms with E-state index in [2.05, 4.69) is 20.9 Å². The van der Waals surface area contributed by atoms with E-state index in [0.717, 1.165) is 53.0 Å². The highest BCUT2D eigenvalue weighted by molar-refractivity contribution is 8.00. The van der Waals surface area contributed by atoms with Gasteiger partial charge in [-0.05, 0) is 84.8 Å². The molecule has 0 saturated carbocycles. The van der Waals surface area contributed by atoms with Crippen molar-refractivity contribution < 1.29 is 23.9 Å². The number of fused-ring (bicyclic) bond motifs is 1. The number of thioether (sulfide) groups is 1. The number of carbonyl (C=O) groups excluding carboxylic acids is 4. The lowest BCUT2D eigenvalue weighted by Crippen LogP contribution is -2.30. The molecule has 3 amide bonds. The lowest BCUT2D eigenvalue weighted by molar-refractivity contribution is -0.116. The Morgan fingerprint density at radius 2 is 1.63 bits per heavy atom. The smallest absolute Gasteiger partial charge is 0.341 e. The Labute approximate surface area is 304 Å². The zero-order valence-corrected chi connectivity index (χ0v) is 29.5. The highest BCUT2D eigenvalue weighted by atomic mass is 32.2. The first-order chi connectivity index (χ1) is 24.9. The average Bonchev–Trinajstić information content (AvgIpc) is 3.33. The molecule has 1 atom stereocenters. The molecule has 6 rings (SSSR count). The predicted molar refractivity (Wildman–Crippen MR) is 202 cm³/mol. The molecule has 11 heteroatoms. The number of thiophene rings is 1. The first kappa shape index (κ1) is 35.3. The van der Waals surface area contributed by atoms with Gasteiger partial charge in [-0.3, -0.25) is 19.4 Å². The number of carbonyl (C=O) groups is 4. The molecule has 0 bridgehead atoms. The topological polar surface area (TPSA) is 126 Å². The van der Waals surface area contributed by atoms with E-state index in [4.69, 9.17) is 4.74 Å². The molecule has 5 aromatic rings. The average molecular weight is 717 g/mol. The van der Waals surface area contributed by atoms with Crippen LogP contribution in [-0.2, 0) is 27.2 Å². The van der Waals surface area contributed by atoms with Crippen LogP contribution in [0.5, 0.6) is 0 Å². The molecule has 0 radical (unpaired) electrons. The van der Waals surface area contributed by atoms with Gasteiger partial charge in [0.05, 0.1) is 12.7 Å². The maximum absolute atomic E-state index is 14.1. The van der Waals surface area contributed by atoms with Crippen molar-refractivity contribution in [3.05, 3.63) is 148 Å².